The van der Waals surface area contributed by atoms with Gasteiger partial charge in [-0.1, -0.05) is 5.73 Å². The first-order valence-electron chi connectivity index (χ1n) is 6.46. The van der Waals surface area contributed by atoms with Crippen LogP contribution in [0, 0.1) is 11.3 Å². The number of nitrogens with one attached hydrogen (secondary N) is 1. The van der Waals surface area contributed by atoms with E-state index in [0.29, 0.717) is 11.3 Å². The Kier molecular flexibility index (Phi) is 3.64. The maximum absolute atomic E-state index is 12.2. The molecule has 1 aromatic heterocycles. The van der Waals surface area contributed by atoms with Gasteiger partial charge in [0.05, 0.1) is 11.3 Å². The molecule has 0 unspecified atom stereocenters. The summed E-state index contributed by atoms with van der Waals surface area (Å²) in [6.07, 6.45) is 3.71. The van der Waals surface area contributed by atoms with Gasteiger partial charge >= 0.3 is 0 Å². The number of nitriles is 1. The van der Waals surface area contributed by atoms with E-state index in [9.17, 15) is 4.79 Å². The monoisotopic (exact) mass is 258 g/mol. The zero-order valence-corrected chi connectivity index (χ0v) is 11.5. The Balaban J connectivity index is 2.49. The second kappa shape index (κ2) is 5.21. The minimum absolute atomic E-state index is 0.00329. The Morgan fingerprint density at radius 1 is 1.47 bits per heavy atom. The average Bonchev–Trinajstić information content (AvgIpc) is 2.91. The van der Waals surface area contributed by atoms with Gasteiger partial charge in [0.1, 0.15) is 11.8 Å². The van der Waals surface area contributed by atoms with Crippen LogP contribution < -0.4 is 5.56 Å². The molecule has 19 heavy (non-hydrogen) atoms. The molecule has 0 atom stereocenters. The van der Waals surface area contributed by atoms with Crippen LogP contribution in [0.5, 0.6) is 0 Å². The van der Waals surface area contributed by atoms with E-state index in [1.165, 1.54) is 4.68 Å². The highest BCUT2D eigenvalue weighted by Crippen LogP contribution is 2.17. The number of likely N-dealkylation sites (tertiary alicyclic amines) is 1. The lowest BCUT2D eigenvalue weighted by Crippen LogP contribution is -2.19. The lowest BCUT2D eigenvalue weighted by molar-refractivity contribution is 0.482. The molecule has 1 aliphatic rings. The van der Waals surface area contributed by atoms with Crippen LogP contribution in [0.4, 0.5) is 0 Å². The summed E-state index contributed by atoms with van der Waals surface area (Å²) in [5.74, 6) is 0. The SMILES string of the molecule is CC(C)n1[nH]c(C#N)c(C=C=C2CCCN2C)c1=O. The van der Waals surface area contributed by atoms with Crippen LogP contribution in [0.1, 0.15) is 44.0 Å². The molecule has 0 bridgehead atoms. The van der Waals surface area contributed by atoms with Gasteiger partial charge in [-0.3, -0.25) is 9.89 Å². The van der Waals surface area contributed by atoms with Crippen molar-refractivity contribution in [1.82, 2.24) is 14.7 Å². The smallest absolute Gasteiger partial charge is 0.276 e. The number of aromatic nitrogens is 2. The van der Waals surface area contributed by atoms with Gasteiger partial charge in [0, 0.05) is 19.6 Å². The van der Waals surface area contributed by atoms with Crippen molar-refractivity contribution < 1.29 is 0 Å². The van der Waals surface area contributed by atoms with Gasteiger partial charge in [0.25, 0.3) is 5.56 Å². The van der Waals surface area contributed by atoms with E-state index in [1.807, 2.05) is 27.0 Å². The summed E-state index contributed by atoms with van der Waals surface area (Å²) in [6.45, 7) is 4.82. The summed E-state index contributed by atoms with van der Waals surface area (Å²) in [5.41, 5.74) is 4.76. The van der Waals surface area contributed by atoms with E-state index in [0.717, 1.165) is 25.1 Å². The van der Waals surface area contributed by atoms with Crippen molar-refractivity contribution in [3.8, 4) is 6.07 Å². The normalized spacial score (nSPS) is 14.7. The summed E-state index contributed by atoms with van der Waals surface area (Å²) >= 11 is 0. The fraction of sp³-hybridized carbons (Fsp3) is 0.500. The Labute approximate surface area is 112 Å². The average molecular weight is 258 g/mol. The molecule has 1 aliphatic heterocycles. The minimum Gasteiger partial charge on any atom is -0.372 e. The highest BCUT2D eigenvalue weighted by atomic mass is 16.1. The number of H-pyrrole nitrogens is 1. The maximum Gasteiger partial charge on any atom is 0.276 e. The molecule has 0 spiro atoms. The molecular formula is C14H18N4O. The van der Waals surface area contributed by atoms with E-state index < -0.39 is 0 Å². The van der Waals surface area contributed by atoms with E-state index in [4.69, 9.17) is 5.26 Å². The van der Waals surface area contributed by atoms with Gasteiger partial charge in [-0.25, -0.2) is 4.68 Å². The van der Waals surface area contributed by atoms with E-state index in [1.54, 1.807) is 6.08 Å². The van der Waals surface area contributed by atoms with E-state index >= 15 is 0 Å². The third-order valence-corrected chi connectivity index (χ3v) is 3.33. The van der Waals surface area contributed by atoms with Crippen LogP contribution in [-0.4, -0.2) is 28.3 Å². The quantitative estimate of drug-likeness (QED) is 0.823. The Bertz CT molecular complexity index is 635. The van der Waals surface area contributed by atoms with Gasteiger partial charge in [0.2, 0.25) is 0 Å². The Morgan fingerprint density at radius 2 is 2.21 bits per heavy atom. The second-order valence-corrected chi connectivity index (χ2v) is 5.04. The van der Waals surface area contributed by atoms with Crippen LogP contribution in [0.25, 0.3) is 6.08 Å². The molecule has 1 aromatic rings. The lowest BCUT2D eigenvalue weighted by atomic mass is 10.2. The van der Waals surface area contributed by atoms with Crippen LogP contribution in [0.2, 0.25) is 0 Å². The molecule has 0 radical (unpaired) electrons. The molecule has 100 valence electrons. The lowest BCUT2D eigenvalue weighted by Gasteiger charge is -2.08. The molecule has 5 nitrogen and oxygen atoms in total. The van der Waals surface area contributed by atoms with Crippen molar-refractivity contribution >= 4 is 6.08 Å². The first-order valence-corrected chi connectivity index (χ1v) is 6.46. The number of allylic oxidation sites excluding steroid dienone is 1. The van der Waals surface area contributed by atoms with E-state index in [-0.39, 0.29) is 11.6 Å². The van der Waals surface area contributed by atoms with Crippen LogP contribution in [0.3, 0.4) is 0 Å². The fourth-order valence-electron chi connectivity index (χ4n) is 2.20. The molecule has 0 amide bonds. The standard InChI is InChI=1S/C14H18N4O/c1-10(2)18-14(19)12(13(9-15)16-18)7-6-11-5-4-8-17(11)3/h7,10,16H,4-5,8H2,1-3H3. The van der Waals surface area contributed by atoms with Gasteiger partial charge in [-0.15, -0.1) is 0 Å². The summed E-state index contributed by atoms with van der Waals surface area (Å²) < 4.78 is 1.47. The molecule has 0 aromatic carbocycles. The highest BCUT2D eigenvalue weighted by Gasteiger charge is 2.14. The molecule has 0 saturated carbocycles. The third-order valence-electron chi connectivity index (χ3n) is 3.33. The van der Waals surface area contributed by atoms with Crippen LogP contribution >= 0.6 is 0 Å². The molecule has 1 N–H and O–H groups in total. The van der Waals surface area contributed by atoms with Gasteiger partial charge in [-0.05, 0) is 32.8 Å². The number of hydrogen-bond acceptors (Lipinski definition) is 3. The van der Waals surface area contributed by atoms with Gasteiger partial charge < -0.3 is 4.90 Å². The number of nitrogens with zero attached hydrogens (tertiary/aromatic N) is 3. The Morgan fingerprint density at radius 3 is 2.74 bits per heavy atom. The number of hydrogen-bond donors (Lipinski definition) is 1. The minimum atomic E-state index is -0.166. The first-order chi connectivity index (χ1) is 9.04. The predicted octanol–water partition coefficient (Wildman–Crippen LogP) is 1.85. The van der Waals surface area contributed by atoms with Crippen molar-refractivity contribution in [2.24, 2.45) is 0 Å². The number of rotatable bonds is 2. The van der Waals surface area contributed by atoms with E-state index in [2.05, 4.69) is 15.7 Å². The molecule has 2 rings (SSSR count). The fourth-order valence-corrected chi connectivity index (χ4v) is 2.20. The predicted molar refractivity (Wildman–Crippen MR) is 73.5 cm³/mol. The number of aromatic amines is 1. The summed E-state index contributed by atoms with van der Waals surface area (Å²) in [5, 5.41) is 11.9. The molecule has 0 aliphatic carbocycles. The molecule has 1 saturated heterocycles. The van der Waals surface area contributed by atoms with Crippen molar-refractivity contribution in [2.75, 3.05) is 13.6 Å². The summed E-state index contributed by atoms with van der Waals surface area (Å²) in [4.78, 5) is 14.3. The largest absolute Gasteiger partial charge is 0.372 e. The van der Waals surface area contributed by atoms with Crippen molar-refractivity contribution in [2.45, 2.75) is 32.7 Å². The second-order valence-electron chi connectivity index (χ2n) is 5.04. The molecule has 5 heteroatoms. The summed E-state index contributed by atoms with van der Waals surface area (Å²) in [7, 11) is 2.01. The maximum atomic E-state index is 12.2. The molecule has 1 fully saturated rings. The summed E-state index contributed by atoms with van der Waals surface area (Å²) in [6, 6.07) is 2.03. The van der Waals surface area contributed by atoms with Crippen LogP contribution in [-0.2, 0) is 0 Å². The van der Waals surface area contributed by atoms with Crippen LogP contribution in [0.15, 0.2) is 16.2 Å². The zero-order chi connectivity index (χ0) is 14.0. The van der Waals surface area contributed by atoms with Gasteiger partial charge in [-0.2, -0.15) is 5.26 Å². The first kappa shape index (κ1) is 13.3. The Hall–Kier alpha value is -2.18. The third kappa shape index (κ3) is 2.49. The molecular weight excluding hydrogens is 240 g/mol. The van der Waals surface area contributed by atoms with Crippen molar-refractivity contribution in [1.29, 1.82) is 5.26 Å². The highest BCUT2D eigenvalue weighted by molar-refractivity contribution is 5.54. The molecule has 2 heterocycles. The zero-order valence-electron chi connectivity index (χ0n) is 11.5. The topological polar surface area (TPSA) is 64.8 Å². The van der Waals surface area contributed by atoms with Crippen molar-refractivity contribution in [3.63, 3.8) is 0 Å². The van der Waals surface area contributed by atoms with Gasteiger partial charge in [0.15, 0.2) is 0 Å². The van der Waals surface area contributed by atoms with Crippen molar-refractivity contribution in [3.05, 3.63) is 33.0 Å².